The van der Waals surface area contributed by atoms with E-state index in [1.807, 2.05) is 0 Å². The molecule has 122 valence electrons. The summed E-state index contributed by atoms with van der Waals surface area (Å²) >= 11 is 0. The van der Waals surface area contributed by atoms with Crippen LogP contribution >= 0.6 is 0 Å². The predicted octanol–water partition coefficient (Wildman–Crippen LogP) is 0.994. The van der Waals surface area contributed by atoms with E-state index in [0.29, 0.717) is 29.8 Å². The van der Waals surface area contributed by atoms with E-state index >= 15 is 0 Å². The van der Waals surface area contributed by atoms with Gasteiger partial charge in [0.2, 0.25) is 0 Å². The quantitative estimate of drug-likeness (QED) is 0.787. The van der Waals surface area contributed by atoms with Gasteiger partial charge in [0.25, 0.3) is 0 Å². The van der Waals surface area contributed by atoms with E-state index in [1.165, 1.54) is 6.20 Å². The Balaban J connectivity index is 2.09. The fraction of sp³-hybridized carbons (Fsp3) is 0.529. The number of aliphatic hydroxyl groups excluding tert-OH is 2. The molecule has 6 heteroatoms. The summed E-state index contributed by atoms with van der Waals surface area (Å²) in [5, 5.41) is 27.3. The molecule has 23 heavy (non-hydrogen) atoms. The van der Waals surface area contributed by atoms with Gasteiger partial charge in [-0.2, -0.15) is 5.26 Å². The molecule has 1 aliphatic rings. The average molecular weight is 316 g/mol. The van der Waals surface area contributed by atoms with E-state index in [1.54, 1.807) is 19.9 Å². The van der Waals surface area contributed by atoms with Crippen molar-refractivity contribution in [3.8, 4) is 23.7 Å². The van der Waals surface area contributed by atoms with Gasteiger partial charge in [0, 0.05) is 12.8 Å². The molecule has 2 rings (SSSR count). The molecule has 2 N–H and O–H groups in total. The van der Waals surface area contributed by atoms with Crippen LogP contribution in [0.5, 0.6) is 5.75 Å². The number of hydrogen-bond donors (Lipinski definition) is 2. The molecular weight excluding hydrogens is 296 g/mol. The fourth-order valence-corrected chi connectivity index (χ4v) is 2.06. The molecule has 1 aliphatic carbocycles. The maximum atomic E-state index is 9.27. The van der Waals surface area contributed by atoms with Crippen molar-refractivity contribution in [3.63, 3.8) is 0 Å². The van der Waals surface area contributed by atoms with Crippen molar-refractivity contribution < 1.29 is 19.7 Å². The number of pyridine rings is 1. The smallest absolute Gasteiger partial charge is 0.155 e. The molecule has 0 bridgehead atoms. The van der Waals surface area contributed by atoms with Crippen LogP contribution in [0.4, 0.5) is 0 Å². The fourth-order valence-electron chi connectivity index (χ4n) is 2.06. The first-order valence-corrected chi connectivity index (χ1v) is 7.46. The maximum absolute atomic E-state index is 9.27. The van der Waals surface area contributed by atoms with E-state index in [2.05, 4.69) is 22.9 Å². The van der Waals surface area contributed by atoms with Crippen LogP contribution in [0.1, 0.15) is 37.9 Å². The molecule has 0 unspecified atom stereocenters. The second-order valence-corrected chi connectivity index (χ2v) is 5.87. The number of ether oxygens (including phenoxy) is 2. The summed E-state index contributed by atoms with van der Waals surface area (Å²) in [5.74, 6) is 6.20. The summed E-state index contributed by atoms with van der Waals surface area (Å²) in [6, 6.07) is 3.64. The highest BCUT2D eigenvalue weighted by Gasteiger charge is 2.29. The lowest BCUT2D eigenvalue weighted by Gasteiger charge is -2.31. The van der Waals surface area contributed by atoms with Crippen LogP contribution in [0, 0.1) is 23.2 Å². The third kappa shape index (κ3) is 4.94. The van der Waals surface area contributed by atoms with Crippen molar-refractivity contribution in [2.75, 3.05) is 13.2 Å². The van der Waals surface area contributed by atoms with Gasteiger partial charge in [0.15, 0.2) is 5.75 Å². The summed E-state index contributed by atoms with van der Waals surface area (Å²) in [7, 11) is 0. The molecule has 1 aromatic rings. The molecule has 6 nitrogen and oxygen atoms in total. The largest absolute Gasteiger partial charge is 0.487 e. The van der Waals surface area contributed by atoms with E-state index in [9.17, 15) is 10.4 Å². The summed E-state index contributed by atoms with van der Waals surface area (Å²) in [5.41, 5.74) is 0.0945. The zero-order valence-corrected chi connectivity index (χ0v) is 13.2. The molecule has 1 saturated carbocycles. The van der Waals surface area contributed by atoms with Gasteiger partial charge in [0.05, 0.1) is 31.1 Å². The van der Waals surface area contributed by atoms with Crippen molar-refractivity contribution >= 4 is 0 Å². The Morgan fingerprint density at radius 3 is 2.78 bits per heavy atom. The highest BCUT2D eigenvalue weighted by molar-refractivity contribution is 5.46. The lowest BCUT2D eigenvalue weighted by atomic mass is 9.92. The number of hydrogen-bond acceptors (Lipinski definition) is 6. The minimum atomic E-state index is -0.714. The Hall–Kier alpha value is -2.12. The molecule has 0 amide bonds. The summed E-state index contributed by atoms with van der Waals surface area (Å²) in [6.07, 6.45) is 2.24. The van der Waals surface area contributed by atoms with Gasteiger partial charge in [-0.25, -0.2) is 4.98 Å². The van der Waals surface area contributed by atoms with Gasteiger partial charge in [-0.3, -0.25) is 0 Å². The predicted molar refractivity (Wildman–Crippen MR) is 82.6 cm³/mol. The highest BCUT2D eigenvalue weighted by atomic mass is 16.5. The van der Waals surface area contributed by atoms with E-state index < -0.39 is 5.60 Å². The van der Waals surface area contributed by atoms with Crippen LogP contribution in [0.3, 0.4) is 0 Å². The van der Waals surface area contributed by atoms with Crippen LogP contribution in [0.25, 0.3) is 0 Å². The van der Waals surface area contributed by atoms with Crippen LogP contribution in [0.15, 0.2) is 12.3 Å². The van der Waals surface area contributed by atoms with Crippen molar-refractivity contribution in [2.45, 2.75) is 44.5 Å². The molecule has 1 aromatic heterocycles. The van der Waals surface area contributed by atoms with E-state index in [0.717, 1.165) is 0 Å². The Morgan fingerprint density at radius 2 is 2.17 bits per heavy atom. The van der Waals surface area contributed by atoms with Crippen molar-refractivity contribution in [3.05, 3.63) is 23.5 Å². The summed E-state index contributed by atoms with van der Waals surface area (Å²) in [4.78, 5) is 4.18. The van der Waals surface area contributed by atoms with Crippen LogP contribution < -0.4 is 4.74 Å². The zero-order valence-electron chi connectivity index (χ0n) is 13.2. The van der Waals surface area contributed by atoms with Gasteiger partial charge in [-0.1, -0.05) is 5.92 Å². The van der Waals surface area contributed by atoms with Gasteiger partial charge >= 0.3 is 0 Å². The maximum Gasteiger partial charge on any atom is 0.155 e. The van der Waals surface area contributed by atoms with Crippen molar-refractivity contribution in [1.82, 2.24) is 4.98 Å². The number of nitriles is 1. The first-order chi connectivity index (χ1) is 10.9. The second-order valence-electron chi connectivity index (χ2n) is 5.87. The molecule has 0 radical (unpaired) electrons. The van der Waals surface area contributed by atoms with Crippen molar-refractivity contribution in [1.29, 1.82) is 5.26 Å². The first kappa shape index (κ1) is 17.2. The Kier molecular flexibility index (Phi) is 5.57. The molecular formula is C17H20N2O4. The van der Waals surface area contributed by atoms with Gasteiger partial charge in [0.1, 0.15) is 23.5 Å². The Morgan fingerprint density at radius 1 is 1.43 bits per heavy atom. The lowest BCUT2D eigenvalue weighted by molar-refractivity contribution is -0.0110. The highest BCUT2D eigenvalue weighted by Crippen LogP contribution is 2.27. The summed E-state index contributed by atoms with van der Waals surface area (Å²) < 4.78 is 11.1. The second kappa shape index (κ2) is 7.43. The first-order valence-electron chi connectivity index (χ1n) is 7.46. The molecule has 1 heterocycles. The number of aromatic nitrogens is 1. The van der Waals surface area contributed by atoms with Gasteiger partial charge < -0.3 is 19.7 Å². The standard InChI is InChI=1S/C17H20N2O4/c1-17(2,22-6-5-20)4-3-13-7-12(10-18)16(11-19-13)23-15-8-14(21)9-15/h7,11,14-15,20-21H,5-6,8-9H2,1-2H3. The van der Waals surface area contributed by atoms with E-state index in [4.69, 9.17) is 14.6 Å². The molecule has 0 aliphatic heterocycles. The third-order valence-corrected chi connectivity index (χ3v) is 3.40. The third-order valence-electron chi connectivity index (χ3n) is 3.40. The van der Waals surface area contributed by atoms with Crippen LogP contribution in [-0.4, -0.2) is 46.2 Å². The van der Waals surface area contributed by atoms with Gasteiger partial charge in [-0.15, -0.1) is 0 Å². The monoisotopic (exact) mass is 316 g/mol. The SMILES string of the molecule is CC(C)(C#Cc1cc(C#N)c(OC2CC(O)C2)cn1)OCCO. The minimum absolute atomic E-state index is 0.0656. The average Bonchev–Trinajstić information content (AvgIpc) is 2.50. The lowest BCUT2D eigenvalue weighted by Crippen LogP contribution is -2.37. The van der Waals surface area contributed by atoms with Crippen LogP contribution in [0.2, 0.25) is 0 Å². The minimum Gasteiger partial charge on any atom is -0.487 e. The molecule has 0 aromatic carbocycles. The van der Waals surface area contributed by atoms with E-state index in [-0.39, 0.29) is 25.4 Å². The number of rotatable bonds is 5. The molecule has 0 atom stereocenters. The molecule has 1 fully saturated rings. The Labute approximate surface area is 135 Å². The van der Waals surface area contributed by atoms with Gasteiger partial charge in [-0.05, 0) is 25.8 Å². The molecule has 0 saturated heterocycles. The van der Waals surface area contributed by atoms with Crippen molar-refractivity contribution in [2.24, 2.45) is 0 Å². The summed E-state index contributed by atoms with van der Waals surface area (Å²) in [6.45, 7) is 3.73. The molecule has 0 spiro atoms. The number of aliphatic hydroxyl groups is 2. The number of nitrogens with zero attached hydrogens (tertiary/aromatic N) is 2. The van der Waals surface area contributed by atoms with Crippen LogP contribution in [-0.2, 0) is 4.74 Å². The zero-order chi connectivity index (χ0) is 16.9. The Bertz CT molecular complexity index is 649. The topological polar surface area (TPSA) is 95.6 Å². The normalized spacial score (nSPS) is 20.0.